The average molecular weight is 329 g/mol. The molecule has 0 bridgehead atoms. The summed E-state index contributed by atoms with van der Waals surface area (Å²) < 4.78 is 19.4. The fraction of sp³-hybridized carbons (Fsp3) is 0.350. The normalized spacial score (nSPS) is 12.0. The summed E-state index contributed by atoms with van der Waals surface area (Å²) in [6.07, 6.45) is 0.0947. The fourth-order valence-corrected chi connectivity index (χ4v) is 2.99. The number of halogens is 1. The van der Waals surface area contributed by atoms with Crippen molar-refractivity contribution in [2.45, 2.75) is 33.2 Å². The van der Waals surface area contributed by atoms with Gasteiger partial charge in [-0.15, -0.1) is 0 Å². The summed E-state index contributed by atoms with van der Waals surface area (Å²) in [7, 11) is 1.72. The van der Waals surface area contributed by atoms with E-state index in [0.717, 1.165) is 22.3 Å². The highest BCUT2D eigenvalue weighted by Gasteiger charge is 2.20. The molecule has 0 aromatic heterocycles. The van der Waals surface area contributed by atoms with Gasteiger partial charge in [0.15, 0.2) is 0 Å². The van der Waals surface area contributed by atoms with Crippen molar-refractivity contribution in [3.05, 3.63) is 58.9 Å². The molecule has 0 saturated carbocycles. The van der Waals surface area contributed by atoms with Crippen LogP contribution in [0, 0.1) is 19.7 Å². The van der Waals surface area contributed by atoms with Gasteiger partial charge >= 0.3 is 5.97 Å². The maximum absolute atomic E-state index is 14.4. The molecule has 1 N–H and O–H groups in total. The largest absolute Gasteiger partial charge is 0.466 e. The first-order valence-corrected chi connectivity index (χ1v) is 8.16. The van der Waals surface area contributed by atoms with Crippen LogP contribution >= 0.6 is 0 Å². The summed E-state index contributed by atoms with van der Waals surface area (Å²) in [5, 5.41) is 3.02. The van der Waals surface area contributed by atoms with Crippen molar-refractivity contribution in [1.29, 1.82) is 0 Å². The second kappa shape index (κ2) is 8.06. The monoisotopic (exact) mass is 329 g/mol. The van der Waals surface area contributed by atoms with Crippen molar-refractivity contribution in [3.8, 4) is 11.1 Å². The molecule has 0 amide bonds. The molecule has 0 heterocycles. The number of benzene rings is 2. The van der Waals surface area contributed by atoms with Crippen molar-refractivity contribution in [2.75, 3.05) is 13.7 Å². The molecule has 1 atom stereocenters. The van der Waals surface area contributed by atoms with E-state index in [0.29, 0.717) is 12.2 Å². The molecule has 2 aromatic rings. The second-order valence-electron chi connectivity index (χ2n) is 5.85. The zero-order valence-corrected chi connectivity index (χ0v) is 14.7. The van der Waals surface area contributed by atoms with E-state index in [4.69, 9.17) is 4.74 Å². The van der Waals surface area contributed by atoms with Crippen LogP contribution in [0.2, 0.25) is 0 Å². The number of ether oxygens (including phenoxy) is 1. The van der Waals surface area contributed by atoms with Gasteiger partial charge in [-0.1, -0.05) is 24.3 Å². The van der Waals surface area contributed by atoms with Gasteiger partial charge in [0, 0.05) is 11.6 Å². The lowest BCUT2D eigenvalue weighted by Crippen LogP contribution is -2.22. The van der Waals surface area contributed by atoms with E-state index < -0.39 is 6.04 Å². The van der Waals surface area contributed by atoms with Crippen molar-refractivity contribution in [3.63, 3.8) is 0 Å². The number of hydrogen-bond acceptors (Lipinski definition) is 3. The Kier molecular flexibility index (Phi) is 6.10. The Hall–Kier alpha value is -2.20. The summed E-state index contributed by atoms with van der Waals surface area (Å²) in [4.78, 5) is 11.8. The molecule has 4 heteroatoms. The summed E-state index contributed by atoms with van der Waals surface area (Å²) in [5.41, 5.74) is 4.81. The number of esters is 1. The van der Waals surface area contributed by atoms with E-state index in [9.17, 15) is 9.18 Å². The highest BCUT2D eigenvalue weighted by molar-refractivity contribution is 5.73. The average Bonchev–Trinajstić information content (AvgIpc) is 2.54. The van der Waals surface area contributed by atoms with Crippen molar-refractivity contribution < 1.29 is 13.9 Å². The number of carbonyl (C=O) groups is 1. The predicted molar refractivity (Wildman–Crippen MR) is 94.4 cm³/mol. The number of rotatable bonds is 6. The van der Waals surface area contributed by atoms with Gasteiger partial charge in [-0.2, -0.15) is 0 Å². The van der Waals surface area contributed by atoms with Gasteiger partial charge < -0.3 is 10.1 Å². The first kappa shape index (κ1) is 18.1. The maximum atomic E-state index is 14.4. The van der Waals surface area contributed by atoms with Gasteiger partial charge in [0.2, 0.25) is 0 Å². The lowest BCUT2D eigenvalue weighted by atomic mass is 9.92. The van der Waals surface area contributed by atoms with Crippen molar-refractivity contribution in [1.82, 2.24) is 5.32 Å². The molecule has 24 heavy (non-hydrogen) atoms. The lowest BCUT2D eigenvalue weighted by Gasteiger charge is -2.18. The predicted octanol–water partition coefficient (Wildman–Crippen LogP) is 4.32. The molecular weight excluding hydrogens is 305 g/mol. The van der Waals surface area contributed by atoms with Crippen molar-refractivity contribution >= 4 is 5.97 Å². The third kappa shape index (κ3) is 4.01. The SMILES string of the molecule is CCOC(=O)CC(NC)c1cc(-c2c(C)cccc2C)ccc1F. The topological polar surface area (TPSA) is 38.3 Å². The molecular formula is C20H24FNO2. The van der Waals surface area contributed by atoms with E-state index in [2.05, 4.69) is 5.32 Å². The summed E-state index contributed by atoms with van der Waals surface area (Å²) in [6, 6.07) is 10.7. The molecule has 2 aromatic carbocycles. The summed E-state index contributed by atoms with van der Waals surface area (Å²) in [6.45, 7) is 6.16. The van der Waals surface area contributed by atoms with Gasteiger partial charge in [0.05, 0.1) is 13.0 Å². The Labute approximate surface area is 142 Å². The Morgan fingerprint density at radius 1 is 1.21 bits per heavy atom. The Morgan fingerprint density at radius 2 is 1.88 bits per heavy atom. The molecule has 128 valence electrons. The molecule has 0 fully saturated rings. The fourth-order valence-electron chi connectivity index (χ4n) is 2.99. The van der Waals surface area contributed by atoms with E-state index in [1.807, 2.05) is 38.1 Å². The Bertz CT molecular complexity index is 707. The molecule has 3 nitrogen and oxygen atoms in total. The second-order valence-corrected chi connectivity index (χ2v) is 5.85. The Balaban J connectivity index is 2.42. The van der Waals surface area contributed by atoms with Crippen LogP contribution in [-0.4, -0.2) is 19.6 Å². The quantitative estimate of drug-likeness (QED) is 0.802. The minimum atomic E-state index is -0.423. The Morgan fingerprint density at radius 3 is 2.46 bits per heavy atom. The number of aryl methyl sites for hydroxylation is 2. The van der Waals surface area contributed by atoms with Gasteiger partial charge in [-0.05, 0) is 62.2 Å². The van der Waals surface area contributed by atoms with Crippen molar-refractivity contribution in [2.24, 2.45) is 0 Å². The number of nitrogens with one attached hydrogen (secondary N) is 1. The van der Waals surface area contributed by atoms with E-state index in [-0.39, 0.29) is 18.2 Å². The van der Waals surface area contributed by atoms with Gasteiger partial charge in [-0.3, -0.25) is 4.79 Å². The molecule has 1 unspecified atom stereocenters. The van der Waals surface area contributed by atoms with Gasteiger partial charge in [0.1, 0.15) is 5.82 Å². The minimum Gasteiger partial charge on any atom is -0.466 e. The molecule has 0 spiro atoms. The van der Waals surface area contributed by atoms with Crippen LogP contribution in [0.4, 0.5) is 4.39 Å². The van der Waals surface area contributed by atoms with Gasteiger partial charge in [0.25, 0.3) is 0 Å². The zero-order valence-electron chi connectivity index (χ0n) is 14.7. The highest BCUT2D eigenvalue weighted by Crippen LogP contribution is 2.31. The van der Waals surface area contributed by atoms with Crippen LogP contribution in [0.15, 0.2) is 36.4 Å². The summed E-state index contributed by atoms with van der Waals surface area (Å²) in [5.74, 6) is -0.664. The standard InChI is InChI=1S/C20H24FNO2/c1-5-24-19(23)12-18(22-4)16-11-15(9-10-17(16)21)20-13(2)7-6-8-14(20)3/h6-11,18,22H,5,12H2,1-4H3. The van der Waals surface area contributed by atoms with Gasteiger partial charge in [-0.25, -0.2) is 4.39 Å². The number of carbonyl (C=O) groups excluding carboxylic acids is 1. The minimum absolute atomic E-state index is 0.0947. The van der Waals surface area contributed by atoms with Crippen LogP contribution in [-0.2, 0) is 9.53 Å². The molecule has 0 aliphatic carbocycles. The van der Waals surface area contributed by atoms with E-state index in [1.165, 1.54) is 6.07 Å². The van der Waals surface area contributed by atoms with Crippen LogP contribution in [0.5, 0.6) is 0 Å². The van der Waals surface area contributed by atoms with Crippen LogP contribution in [0.1, 0.15) is 36.1 Å². The van der Waals surface area contributed by atoms with Crippen LogP contribution in [0.3, 0.4) is 0 Å². The third-order valence-corrected chi connectivity index (χ3v) is 4.17. The molecule has 0 radical (unpaired) electrons. The first-order chi connectivity index (χ1) is 11.5. The number of hydrogen-bond donors (Lipinski definition) is 1. The molecule has 0 saturated heterocycles. The van der Waals surface area contributed by atoms with E-state index in [1.54, 1.807) is 20.0 Å². The highest BCUT2D eigenvalue weighted by atomic mass is 19.1. The first-order valence-electron chi connectivity index (χ1n) is 8.16. The van der Waals surface area contributed by atoms with Crippen LogP contribution < -0.4 is 5.32 Å². The third-order valence-electron chi connectivity index (χ3n) is 4.17. The maximum Gasteiger partial charge on any atom is 0.307 e. The zero-order chi connectivity index (χ0) is 17.7. The molecule has 0 aliphatic rings. The van der Waals surface area contributed by atoms with Crippen LogP contribution in [0.25, 0.3) is 11.1 Å². The van der Waals surface area contributed by atoms with E-state index >= 15 is 0 Å². The smallest absolute Gasteiger partial charge is 0.307 e. The summed E-state index contributed by atoms with van der Waals surface area (Å²) >= 11 is 0. The lowest BCUT2D eigenvalue weighted by molar-refractivity contribution is -0.143. The molecule has 0 aliphatic heterocycles. The molecule has 2 rings (SSSR count).